The lowest BCUT2D eigenvalue weighted by Gasteiger charge is -2.17. The first-order chi connectivity index (χ1) is 15.5. The van der Waals surface area contributed by atoms with Crippen molar-refractivity contribution >= 4 is 22.8 Å². The molecule has 0 bridgehead atoms. The Morgan fingerprint density at radius 2 is 1.41 bits per heavy atom. The Morgan fingerprint density at radius 3 is 2.06 bits per heavy atom. The second-order valence-corrected chi connectivity index (χ2v) is 7.83. The molecule has 3 heterocycles. The van der Waals surface area contributed by atoms with Crippen molar-refractivity contribution in [3.05, 3.63) is 93.7 Å². The van der Waals surface area contributed by atoms with E-state index < -0.39 is 0 Å². The van der Waals surface area contributed by atoms with Gasteiger partial charge >= 0.3 is 0 Å². The van der Waals surface area contributed by atoms with Gasteiger partial charge in [0, 0.05) is 30.2 Å². The van der Waals surface area contributed by atoms with E-state index in [-0.39, 0.29) is 30.5 Å². The van der Waals surface area contributed by atoms with Gasteiger partial charge in [-0.3, -0.25) is 23.9 Å². The van der Waals surface area contributed by atoms with Gasteiger partial charge in [0.2, 0.25) is 0 Å². The maximum Gasteiger partial charge on any atom is 0.261 e. The number of aromatic nitrogens is 3. The number of carbonyl (C=O) groups excluding carboxylic acids is 2. The lowest BCUT2D eigenvalue weighted by molar-refractivity contribution is 0.0649. The molecule has 0 spiro atoms. The first-order valence-corrected chi connectivity index (χ1v) is 10.3. The number of rotatable bonds is 4. The predicted molar refractivity (Wildman–Crippen MR) is 121 cm³/mol. The topological polar surface area (TPSA) is 85.2 Å². The van der Waals surface area contributed by atoms with Crippen molar-refractivity contribution in [3.63, 3.8) is 0 Å². The summed E-state index contributed by atoms with van der Waals surface area (Å²) >= 11 is 0. The molecule has 4 aromatic rings. The minimum Gasteiger partial charge on any atom is -0.290 e. The summed E-state index contributed by atoms with van der Waals surface area (Å²) in [7, 11) is 0. The SMILES string of the molecule is Cc1ncc2cc(-c3ccccc3C)c(=O)n(CCN3C(=O)c4ccccc4C3=O)c2n1. The van der Waals surface area contributed by atoms with Gasteiger partial charge in [-0.25, -0.2) is 9.97 Å². The van der Waals surface area contributed by atoms with E-state index in [0.29, 0.717) is 28.2 Å². The smallest absolute Gasteiger partial charge is 0.261 e. The van der Waals surface area contributed by atoms with Crippen molar-refractivity contribution in [1.82, 2.24) is 19.4 Å². The van der Waals surface area contributed by atoms with Gasteiger partial charge in [0.25, 0.3) is 17.4 Å². The summed E-state index contributed by atoms with van der Waals surface area (Å²) in [6.07, 6.45) is 1.69. The molecule has 0 saturated carbocycles. The Morgan fingerprint density at radius 1 is 0.781 bits per heavy atom. The summed E-state index contributed by atoms with van der Waals surface area (Å²) in [4.78, 5) is 49.0. The molecule has 0 N–H and O–H groups in total. The quantitative estimate of drug-likeness (QED) is 0.469. The fraction of sp³-hybridized carbons (Fsp3) is 0.160. The number of amides is 2. The van der Waals surface area contributed by atoms with Crippen molar-refractivity contribution in [2.24, 2.45) is 0 Å². The average Bonchev–Trinajstić information content (AvgIpc) is 3.04. The van der Waals surface area contributed by atoms with Gasteiger partial charge in [-0.05, 0) is 43.2 Å². The number of aryl methyl sites for hydroxylation is 2. The Hall–Kier alpha value is -4.13. The molecule has 0 radical (unpaired) electrons. The molecule has 32 heavy (non-hydrogen) atoms. The van der Waals surface area contributed by atoms with Crippen LogP contribution in [-0.2, 0) is 6.54 Å². The van der Waals surface area contributed by atoms with Crippen LogP contribution in [0.5, 0.6) is 0 Å². The third-order valence-corrected chi connectivity index (χ3v) is 5.81. The Kier molecular flexibility index (Phi) is 4.66. The average molecular weight is 424 g/mol. The van der Waals surface area contributed by atoms with Crippen LogP contribution in [0.15, 0.2) is 65.6 Å². The van der Waals surface area contributed by atoms with Crippen LogP contribution >= 0.6 is 0 Å². The van der Waals surface area contributed by atoms with Crippen LogP contribution in [0.25, 0.3) is 22.2 Å². The molecule has 2 aromatic heterocycles. The normalized spacial score (nSPS) is 13.1. The minimum absolute atomic E-state index is 0.0711. The molecule has 1 aliphatic rings. The number of fused-ring (bicyclic) bond motifs is 2. The van der Waals surface area contributed by atoms with E-state index in [9.17, 15) is 14.4 Å². The second kappa shape index (κ2) is 7.53. The molecule has 7 heteroatoms. The van der Waals surface area contributed by atoms with Crippen molar-refractivity contribution in [2.75, 3.05) is 6.54 Å². The minimum atomic E-state index is -0.344. The predicted octanol–water partition coefficient (Wildman–Crippen LogP) is 3.37. The summed E-state index contributed by atoms with van der Waals surface area (Å²) in [5.41, 5.74) is 3.38. The number of carbonyl (C=O) groups is 2. The van der Waals surface area contributed by atoms with Crippen LogP contribution in [-0.4, -0.2) is 37.8 Å². The molecule has 158 valence electrons. The summed E-state index contributed by atoms with van der Waals surface area (Å²) in [6.45, 7) is 3.92. The van der Waals surface area contributed by atoms with Crippen molar-refractivity contribution < 1.29 is 9.59 Å². The molecule has 1 aliphatic heterocycles. The Labute approximate surface area is 184 Å². The molecule has 0 aliphatic carbocycles. The fourth-order valence-corrected chi connectivity index (χ4v) is 4.16. The largest absolute Gasteiger partial charge is 0.290 e. The first-order valence-electron chi connectivity index (χ1n) is 10.3. The Bertz CT molecular complexity index is 1440. The maximum absolute atomic E-state index is 13.5. The summed E-state index contributed by atoms with van der Waals surface area (Å²) in [5, 5.41) is 0.718. The highest BCUT2D eigenvalue weighted by Gasteiger charge is 2.34. The number of nitrogens with zero attached hydrogens (tertiary/aromatic N) is 4. The van der Waals surface area contributed by atoms with Gasteiger partial charge in [-0.1, -0.05) is 36.4 Å². The van der Waals surface area contributed by atoms with Crippen LogP contribution in [0.3, 0.4) is 0 Å². The molecule has 2 amide bonds. The highest BCUT2D eigenvalue weighted by molar-refractivity contribution is 6.21. The molecule has 0 unspecified atom stereocenters. The van der Waals surface area contributed by atoms with Crippen LogP contribution < -0.4 is 5.56 Å². The maximum atomic E-state index is 13.5. The van der Waals surface area contributed by atoms with Crippen LogP contribution in [0.4, 0.5) is 0 Å². The van der Waals surface area contributed by atoms with E-state index in [1.54, 1.807) is 43.5 Å². The van der Waals surface area contributed by atoms with Gasteiger partial charge in [0.1, 0.15) is 11.5 Å². The van der Waals surface area contributed by atoms with Crippen molar-refractivity contribution in [2.45, 2.75) is 20.4 Å². The van der Waals surface area contributed by atoms with Crippen molar-refractivity contribution in [3.8, 4) is 11.1 Å². The number of hydrogen-bond acceptors (Lipinski definition) is 5. The number of benzene rings is 2. The van der Waals surface area contributed by atoms with E-state index in [2.05, 4.69) is 9.97 Å². The van der Waals surface area contributed by atoms with E-state index in [1.807, 2.05) is 31.2 Å². The zero-order valence-electron chi connectivity index (χ0n) is 17.7. The summed E-state index contributed by atoms with van der Waals surface area (Å²) in [5.74, 6) is -0.150. The van der Waals surface area contributed by atoms with E-state index in [4.69, 9.17) is 0 Å². The van der Waals surface area contributed by atoms with Crippen LogP contribution in [0.1, 0.15) is 32.1 Å². The van der Waals surface area contributed by atoms with Gasteiger partial charge < -0.3 is 0 Å². The van der Waals surface area contributed by atoms with Crippen molar-refractivity contribution in [1.29, 1.82) is 0 Å². The third kappa shape index (κ3) is 3.10. The Balaban J connectivity index is 1.59. The summed E-state index contributed by atoms with van der Waals surface area (Å²) in [6, 6.07) is 16.2. The number of pyridine rings is 1. The molecule has 0 saturated heterocycles. The third-order valence-electron chi connectivity index (χ3n) is 5.81. The van der Waals surface area contributed by atoms with Gasteiger partial charge in [0.05, 0.1) is 11.1 Å². The lowest BCUT2D eigenvalue weighted by atomic mass is 10.0. The summed E-state index contributed by atoms with van der Waals surface area (Å²) < 4.78 is 1.54. The van der Waals surface area contributed by atoms with Gasteiger partial charge in [-0.15, -0.1) is 0 Å². The molecule has 7 nitrogen and oxygen atoms in total. The zero-order chi connectivity index (χ0) is 22.4. The monoisotopic (exact) mass is 424 g/mol. The molecule has 2 aromatic carbocycles. The standard InChI is InChI=1S/C25H20N4O3/c1-15-7-3-4-8-18(15)21-13-17-14-26-16(2)27-22(17)28(25(21)32)11-12-29-23(30)19-9-5-6-10-20(19)24(29)31/h3-10,13-14H,11-12H2,1-2H3. The van der Waals surface area contributed by atoms with E-state index in [0.717, 1.165) is 16.5 Å². The fourth-order valence-electron chi connectivity index (χ4n) is 4.16. The molecular formula is C25H20N4O3. The van der Waals surface area contributed by atoms with E-state index >= 15 is 0 Å². The molecule has 0 fully saturated rings. The molecule has 5 rings (SSSR count). The second-order valence-electron chi connectivity index (χ2n) is 7.83. The zero-order valence-corrected chi connectivity index (χ0v) is 17.7. The van der Waals surface area contributed by atoms with Gasteiger partial charge in [0.15, 0.2) is 0 Å². The molecule has 0 atom stereocenters. The number of imide groups is 1. The van der Waals surface area contributed by atoms with Crippen LogP contribution in [0.2, 0.25) is 0 Å². The highest BCUT2D eigenvalue weighted by Crippen LogP contribution is 2.25. The number of hydrogen-bond donors (Lipinski definition) is 0. The van der Waals surface area contributed by atoms with Gasteiger partial charge in [-0.2, -0.15) is 0 Å². The highest BCUT2D eigenvalue weighted by atomic mass is 16.2. The first kappa shape index (κ1) is 19.8. The van der Waals surface area contributed by atoms with Crippen LogP contribution in [0, 0.1) is 13.8 Å². The lowest BCUT2D eigenvalue weighted by Crippen LogP contribution is -2.35. The molecular weight excluding hydrogens is 404 g/mol. The van der Waals surface area contributed by atoms with E-state index in [1.165, 1.54) is 9.47 Å².